The summed E-state index contributed by atoms with van der Waals surface area (Å²) in [6.07, 6.45) is 4.32. The molecule has 4 rings (SSSR count). The molecule has 108 valence electrons. The number of imidazole rings is 1. The van der Waals surface area contributed by atoms with E-state index in [2.05, 4.69) is 44.6 Å². The standard InChI is InChI=1S/C17H14N4S/c1-11-14(20-10-19-11)8-16-21-15(9-22-16)13-6-2-4-12-5-3-7-18-17(12)13/h2-7,9-10H,8H2,1H3,(H,19,20). The highest BCUT2D eigenvalue weighted by atomic mass is 32.1. The SMILES string of the molecule is Cc1[nH]cnc1Cc1nc(-c2cccc3cccnc23)cs1. The van der Waals surface area contributed by atoms with E-state index in [1.807, 2.05) is 19.2 Å². The summed E-state index contributed by atoms with van der Waals surface area (Å²) >= 11 is 1.67. The first-order valence-corrected chi connectivity index (χ1v) is 7.96. The molecule has 0 aliphatic rings. The summed E-state index contributed by atoms with van der Waals surface area (Å²) in [6, 6.07) is 10.2. The molecule has 0 spiro atoms. The Labute approximate surface area is 131 Å². The Morgan fingerprint density at radius 2 is 2.05 bits per heavy atom. The van der Waals surface area contributed by atoms with Gasteiger partial charge in [0.1, 0.15) is 0 Å². The molecule has 22 heavy (non-hydrogen) atoms. The van der Waals surface area contributed by atoms with Crippen LogP contribution in [0.15, 0.2) is 48.2 Å². The third-order valence-corrected chi connectivity index (χ3v) is 4.56. The number of nitrogens with one attached hydrogen (secondary N) is 1. The number of benzene rings is 1. The smallest absolute Gasteiger partial charge is 0.0993 e. The highest BCUT2D eigenvalue weighted by Gasteiger charge is 2.11. The van der Waals surface area contributed by atoms with E-state index >= 15 is 0 Å². The van der Waals surface area contributed by atoms with Crippen LogP contribution in [0.2, 0.25) is 0 Å². The van der Waals surface area contributed by atoms with Gasteiger partial charge in [0.2, 0.25) is 0 Å². The fourth-order valence-corrected chi connectivity index (χ4v) is 3.33. The number of hydrogen-bond donors (Lipinski definition) is 1. The van der Waals surface area contributed by atoms with Crippen LogP contribution in [0.25, 0.3) is 22.2 Å². The van der Waals surface area contributed by atoms with Gasteiger partial charge in [0.05, 0.1) is 28.2 Å². The summed E-state index contributed by atoms with van der Waals surface area (Å²) in [4.78, 5) is 16.7. The van der Waals surface area contributed by atoms with Crippen molar-refractivity contribution in [2.24, 2.45) is 0 Å². The van der Waals surface area contributed by atoms with Crippen molar-refractivity contribution < 1.29 is 0 Å². The van der Waals surface area contributed by atoms with Gasteiger partial charge < -0.3 is 4.98 Å². The largest absolute Gasteiger partial charge is 0.348 e. The van der Waals surface area contributed by atoms with Gasteiger partial charge in [-0.15, -0.1) is 11.3 Å². The molecule has 1 aromatic carbocycles. The van der Waals surface area contributed by atoms with Crippen molar-refractivity contribution >= 4 is 22.2 Å². The van der Waals surface area contributed by atoms with Crippen LogP contribution < -0.4 is 0 Å². The van der Waals surface area contributed by atoms with Gasteiger partial charge in [-0.1, -0.05) is 24.3 Å². The summed E-state index contributed by atoms with van der Waals surface area (Å²) in [6.45, 7) is 2.03. The average Bonchev–Trinajstić information content (AvgIpc) is 3.17. The van der Waals surface area contributed by atoms with Gasteiger partial charge in [0.15, 0.2) is 0 Å². The second-order valence-electron chi connectivity index (χ2n) is 5.16. The van der Waals surface area contributed by atoms with Gasteiger partial charge in [-0.05, 0) is 13.0 Å². The lowest BCUT2D eigenvalue weighted by atomic mass is 10.1. The van der Waals surface area contributed by atoms with E-state index in [9.17, 15) is 0 Å². The second kappa shape index (κ2) is 5.35. The number of H-pyrrole nitrogens is 1. The Morgan fingerprint density at radius 1 is 1.14 bits per heavy atom. The van der Waals surface area contributed by atoms with Crippen LogP contribution in [0.4, 0.5) is 0 Å². The highest BCUT2D eigenvalue weighted by molar-refractivity contribution is 7.10. The zero-order chi connectivity index (χ0) is 14.9. The number of pyridine rings is 1. The summed E-state index contributed by atoms with van der Waals surface area (Å²) in [5.74, 6) is 0. The molecular weight excluding hydrogens is 292 g/mol. The first kappa shape index (κ1) is 13.2. The third-order valence-electron chi connectivity index (χ3n) is 3.71. The van der Waals surface area contributed by atoms with Crippen LogP contribution in [-0.4, -0.2) is 19.9 Å². The number of para-hydroxylation sites is 1. The maximum Gasteiger partial charge on any atom is 0.0993 e. The molecule has 0 atom stereocenters. The molecule has 4 nitrogen and oxygen atoms in total. The predicted octanol–water partition coefficient (Wildman–Crippen LogP) is 3.98. The number of rotatable bonds is 3. The number of aromatic nitrogens is 4. The van der Waals surface area contributed by atoms with Crippen molar-refractivity contribution in [2.75, 3.05) is 0 Å². The quantitative estimate of drug-likeness (QED) is 0.623. The average molecular weight is 306 g/mol. The normalized spacial score (nSPS) is 11.1. The maximum absolute atomic E-state index is 4.77. The van der Waals surface area contributed by atoms with Gasteiger partial charge in [0.25, 0.3) is 0 Å². The van der Waals surface area contributed by atoms with E-state index in [0.717, 1.165) is 45.0 Å². The Kier molecular flexibility index (Phi) is 3.20. The van der Waals surface area contributed by atoms with E-state index in [4.69, 9.17) is 4.98 Å². The lowest BCUT2D eigenvalue weighted by Gasteiger charge is -2.02. The highest BCUT2D eigenvalue weighted by Crippen LogP contribution is 2.28. The monoisotopic (exact) mass is 306 g/mol. The fraction of sp³-hybridized carbons (Fsp3) is 0.118. The van der Waals surface area contributed by atoms with E-state index in [1.54, 1.807) is 17.7 Å². The molecule has 0 saturated carbocycles. The molecule has 0 bridgehead atoms. The van der Waals surface area contributed by atoms with Gasteiger partial charge in [0, 0.05) is 34.6 Å². The molecule has 5 heteroatoms. The van der Waals surface area contributed by atoms with Crippen LogP contribution in [0, 0.1) is 6.92 Å². The molecule has 0 radical (unpaired) electrons. The Hall–Kier alpha value is -2.53. The minimum atomic E-state index is 0.762. The lowest BCUT2D eigenvalue weighted by molar-refractivity contribution is 1.06. The minimum absolute atomic E-state index is 0.762. The minimum Gasteiger partial charge on any atom is -0.348 e. The van der Waals surface area contributed by atoms with Crippen molar-refractivity contribution in [3.63, 3.8) is 0 Å². The first-order valence-electron chi connectivity index (χ1n) is 7.08. The molecule has 0 aliphatic heterocycles. The molecule has 4 aromatic rings. The molecule has 0 saturated heterocycles. The van der Waals surface area contributed by atoms with Crippen molar-refractivity contribution in [2.45, 2.75) is 13.3 Å². The number of nitrogens with zero attached hydrogens (tertiary/aromatic N) is 3. The van der Waals surface area contributed by atoms with Gasteiger partial charge >= 0.3 is 0 Å². The Morgan fingerprint density at radius 3 is 2.91 bits per heavy atom. The van der Waals surface area contributed by atoms with E-state index < -0.39 is 0 Å². The van der Waals surface area contributed by atoms with E-state index in [1.165, 1.54) is 0 Å². The maximum atomic E-state index is 4.77. The summed E-state index contributed by atoms with van der Waals surface area (Å²) < 4.78 is 0. The number of fused-ring (bicyclic) bond motifs is 1. The van der Waals surface area contributed by atoms with Crippen molar-refractivity contribution in [3.05, 3.63) is 64.6 Å². The summed E-state index contributed by atoms with van der Waals surface area (Å²) in [7, 11) is 0. The Balaban J connectivity index is 1.73. The topological polar surface area (TPSA) is 54.5 Å². The van der Waals surface area contributed by atoms with Crippen LogP contribution in [0.5, 0.6) is 0 Å². The fourth-order valence-electron chi connectivity index (χ4n) is 2.54. The van der Waals surface area contributed by atoms with Gasteiger partial charge in [-0.25, -0.2) is 9.97 Å². The lowest BCUT2D eigenvalue weighted by Crippen LogP contribution is -1.91. The molecule has 0 fully saturated rings. The number of thiazole rings is 1. The molecule has 0 amide bonds. The second-order valence-corrected chi connectivity index (χ2v) is 6.10. The number of hydrogen-bond acceptors (Lipinski definition) is 4. The van der Waals surface area contributed by atoms with Crippen LogP contribution in [0.3, 0.4) is 0 Å². The number of aromatic amines is 1. The summed E-state index contributed by atoms with van der Waals surface area (Å²) in [5.41, 5.74) is 5.22. The van der Waals surface area contributed by atoms with Crippen LogP contribution in [0.1, 0.15) is 16.4 Å². The molecular formula is C17H14N4S. The van der Waals surface area contributed by atoms with E-state index in [0.29, 0.717) is 0 Å². The molecule has 0 aliphatic carbocycles. The molecule has 3 aromatic heterocycles. The molecule has 3 heterocycles. The van der Waals surface area contributed by atoms with Crippen molar-refractivity contribution in [1.82, 2.24) is 19.9 Å². The molecule has 1 N–H and O–H groups in total. The third kappa shape index (κ3) is 2.29. The first-order chi connectivity index (χ1) is 10.8. The van der Waals surface area contributed by atoms with Crippen molar-refractivity contribution in [1.29, 1.82) is 0 Å². The molecule has 0 unspecified atom stereocenters. The Bertz CT molecular complexity index is 933. The zero-order valence-corrected chi connectivity index (χ0v) is 12.9. The van der Waals surface area contributed by atoms with Gasteiger partial charge in [-0.3, -0.25) is 4.98 Å². The van der Waals surface area contributed by atoms with Gasteiger partial charge in [-0.2, -0.15) is 0 Å². The number of aryl methyl sites for hydroxylation is 1. The van der Waals surface area contributed by atoms with E-state index in [-0.39, 0.29) is 0 Å². The van der Waals surface area contributed by atoms with Crippen molar-refractivity contribution in [3.8, 4) is 11.3 Å². The van der Waals surface area contributed by atoms with Crippen LogP contribution >= 0.6 is 11.3 Å². The summed E-state index contributed by atoms with van der Waals surface area (Å²) in [5, 5.41) is 4.30. The predicted molar refractivity (Wildman–Crippen MR) is 89.0 cm³/mol. The van der Waals surface area contributed by atoms with Crippen LogP contribution in [-0.2, 0) is 6.42 Å². The zero-order valence-electron chi connectivity index (χ0n) is 12.1.